The molecule has 1 aliphatic rings. The Bertz CT molecular complexity index is 866. The molecule has 8 nitrogen and oxygen atoms in total. The Morgan fingerprint density at radius 2 is 2.17 bits per heavy atom. The van der Waals surface area contributed by atoms with Gasteiger partial charge in [0.2, 0.25) is 0 Å². The van der Waals surface area contributed by atoms with Crippen molar-refractivity contribution in [3.05, 3.63) is 30.2 Å². The maximum atomic E-state index is 13.7. The molecule has 0 aromatic carbocycles. The summed E-state index contributed by atoms with van der Waals surface area (Å²) in [7, 11) is -2.67. The van der Waals surface area contributed by atoms with E-state index in [0.717, 1.165) is 4.31 Å². The van der Waals surface area contributed by atoms with Crippen LogP contribution in [0.1, 0.15) is 10.4 Å². The summed E-state index contributed by atoms with van der Waals surface area (Å²) in [6, 6.07) is 2.65. The van der Waals surface area contributed by atoms with Gasteiger partial charge in [0.25, 0.3) is 10.0 Å². The van der Waals surface area contributed by atoms with Gasteiger partial charge in [-0.3, -0.25) is 0 Å². The summed E-state index contributed by atoms with van der Waals surface area (Å²) < 4.78 is 46.3. The van der Waals surface area contributed by atoms with Crippen molar-refractivity contribution in [1.82, 2.24) is 13.7 Å². The highest BCUT2D eigenvalue weighted by Crippen LogP contribution is 2.26. The van der Waals surface area contributed by atoms with Gasteiger partial charge in [0.15, 0.2) is 5.03 Å². The number of imidazole rings is 1. The van der Waals surface area contributed by atoms with Crippen LogP contribution in [0.5, 0.6) is 0 Å². The van der Waals surface area contributed by atoms with Crippen LogP contribution >= 0.6 is 0 Å². The number of hydrogen-bond donors (Lipinski definition) is 1. The maximum absolute atomic E-state index is 13.7. The third-order valence-corrected chi connectivity index (χ3v) is 5.58. The topological polar surface area (TPSA) is 101 Å². The zero-order valence-electron chi connectivity index (χ0n) is 12.1. The van der Waals surface area contributed by atoms with E-state index in [2.05, 4.69) is 4.98 Å². The molecule has 3 rings (SSSR count). The van der Waals surface area contributed by atoms with E-state index < -0.39 is 28.3 Å². The number of pyridine rings is 1. The van der Waals surface area contributed by atoms with Crippen LogP contribution in [-0.2, 0) is 14.8 Å². The fraction of sp³-hybridized carbons (Fsp3) is 0.385. The Kier molecular flexibility index (Phi) is 3.82. The first-order chi connectivity index (χ1) is 10.8. The van der Waals surface area contributed by atoms with Gasteiger partial charge in [-0.2, -0.15) is 4.31 Å². The van der Waals surface area contributed by atoms with E-state index in [4.69, 9.17) is 9.84 Å². The fourth-order valence-electron chi connectivity index (χ4n) is 2.54. The van der Waals surface area contributed by atoms with E-state index in [-0.39, 0.29) is 29.2 Å². The molecule has 1 aliphatic heterocycles. The molecule has 0 unspecified atom stereocenters. The molecule has 0 aliphatic carbocycles. The number of rotatable bonds is 4. The zero-order chi connectivity index (χ0) is 16.8. The Morgan fingerprint density at radius 1 is 1.43 bits per heavy atom. The molecule has 124 valence electrons. The molecule has 2 aromatic rings. The monoisotopic (exact) mass is 343 g/mol. The molecule has 23 heavy (non-hydrogen) atoms. The smallest absolute Gasteiger partial charge is 0.337 e. The number of carboxylic acid groups (broad SMARTS) is 1. The minimum Gasteiger partial charge on any atom is -0.478 e. The highest BCUT2D eigenvalue weighted by Gasteiger charge is 2.41. The molecule has 0 radical (unpaired) electrons. The highest BCUT2D eigenvalue weighted by atomic mass is 32.2. The van der Waals surface area contributed by atoms with Crippen LogP contribution in [0.25, 0.3) is 5.52 Å². The quantitative estimate of drug-likeness (QED) is 0.862. The summed E-state index contributed by atoms with van der Waals surface area (Å²) in [5, 5.41) is 8.72. The molecule has 2 aromatic heterocycles. The van der Waals surface area contributed by atoms with Crippen molar-refractivity contribution >= 4 is 21.5 Å². The average molecular weight is 343 g/mol. The van der Waals surface area contributed by atoms with Crippen LogP contribution in [-0.4, -0.2) is 65.7 Å². The Hall–Kier alpha value is -2.04. The summed E-state index contributed by atoms with van der Waals surface area (Å²) in [6.45, 7) is -0.390. The van der Waals surface area contributed by atoms with E-state index >= 15 is 0 Å². The number of aromatic nitrogens is 2. The van der Waals surface area contributed by atoms with Gasteiger partial charge in [-0.25, -0.2) is 22.6 Å². The molecular formula is C13H14FN3O5S. The SMILES string of the molecule is CO[C@H]1CN(S(=O)(=O)c2ncn3cc(C(=O)O)ccc23)C[C@@H]1F. The summed E-state index contributed by atoms with van der Waals surface area (Å²) in [5.41, 5.74) is 0.231. The van der Waals surface area contributed by atoms with Crippen molar-refractivity contribution in [2.75, 3.05) is 20.2 Å². The number of methoxy groups -OCH3 is 1. The number of nitrogens with zero attached hydrogens (tertiary/aromatic N) is 3. The second-order valence-corrected chi connectivity index (χ2v) is 7.03. The number of fused-ring (bicyclic) bond motifs is 1. The van der Waals surface area contributed by atoms with Crippen LogP contribution < -0.4 is 0 Å². The third kappa shape index (κ3) is 2.58. The first kappa shape index (κ1) is 15.8. The van der Waals surface area contributed by atoms with Gasteiger partial charge >= 0.3 is 5.97 Å². The first-order valence-electron chi connectivity index (χ1n) is 6.71. The molecule has 0 saturated carbocycles. The number of sulfonamides is 1. The molecule has 10 heteroatoms. The second-order valence-electron chi connectivity index (χ2n) is 5.18. The highest BCUT2D eigenvalue weighted by molar-refractivity contribution is 7.89. The standard InChI is InChI=1S/C13H14FN3O5S/c1-22-11-6-17(5-9(11)14)23(20,21)12-10-3-2-8(13(18)19)4-16(10)7-15-12/h2-4,7,9,11H,5-6H2,1H3,(H,18,19)/t9-,11-/m0/s1. The molecule has 0 spiro atoms. The lowest BCUT2D eigenvalue weighted by Gasteiger charge is -2.14. The van der Waals surface area contributed by atoms with E-state index in [1.807, 2.05) is 0 Å². The predicted octanol–water partition coefficient (Wildman–Crippen LogP) is 0.390. The largest absolute Gasteiger partial charge is 0.478 e. The van der Waals surface area contributed by atoms with Crippen molar-refractivity contribution in [2.24, 2.45) is 0 Å². The number of hydrogen-bond acceptors (Lipinski definition) is 5. The Morgan fingerprint density at radius 3 is 2.78 bits per heavy atom. The van der Waals surface area contributed by atoms with Gasteiger partial charge in [-0.05, 0) is 12.1 Å². The van der Waals surface area contributed by atoms with Gasteiger partial charge in [0.1, 0.15) is 18.6 Å². The Labute approximate surface area is 131 Å². The number of alkyl halides is 1. The first-order valence-corrected chi connectivity index (χ1v) is 8.15. The van der Waals surface area contributed by atoms with Crippen molar-refractivity contribution in [3.8, 4) is 0 Å². The summed E-state index contributed by atoms with van der Waals surface area (Å²) in [6.07, 6.45) is 0.272. The second kappa shape index (κ2) is 5.55. The van der Waals surface area contributed by atoms with Gasteiger partial charge < -0.3 is 14.2 Å². The van der Waals surface area contributed by atoms with E-state index in [1.165, 1.54) is 36.2 Å². The summed E-state index contributed by atoms with van der Waals surface area (Å²) >= 11 is 0. The lowest BCUT2D eigenvalue weighted by Crippen LogP contribution is -2.30. The third-order valence-electron chi connectivity index (χ3n) is 3.79. The van der Waals surface area contributed by atoms with Crippen LogP contribution in [0.15, 0.2) is 29.7 Å². The van der Waals surface area contributed by atoms with Crippen LogP contribution in [0.4, 0.5) is 4.39 Å². The number of carboxylic acids is 1. The van der Waals surface area contributed by atoms with Crippen LogP contribution in [0.3, 0.4) is 0 Å². The van der Waals surface area contributed by atoms with Gasteiger partial charge in [0.05, 0.1) is 11.1 Å². The van der Waals surface area contributed by atoms with Crippen molar-refractivity contribution in [1.29, 1.82) is 0 Å². The number of halogens is 1. The van der Waals surface area contributed by atoms with Gasteiger partial charge in [-0.15, -0.1) is 0 Å². The molecule has 0 amide bonds. The Balaban J connectivity index is 2.01. The van der Waals surface area contributed by atoms with Crippen molar-refractivity contribution in [3.63, 3.8) is 0 Å². The van der Waals surface area contributed by atoms with E-state index in [0.29, 0.717) is 0 Å². The average Bonchev–Trinajstić information content (AvgIpc) is 3.10. The van der Waals surface area contributed by atoms with Crippen LogP contribution in [0, 0.1) is 0 Å². The van der Waals surface area contributed by atoms with Gasteiger partial charge in [-0.1, -0.05) is 0 Å². The van der Waals surface area contributed by atoms with E-state index in [9.17, 15) is 17.6 Å². The van der Waals surface area contributed by atoms with Crippen LogP contribution in [0.2, 0.25) is 0 Å². The maximum Gasteiger partial charge on any atom is 0.337 e. The molecule has 2 atom stereocenters. The minimum absolute atomic E-state index is 0.00305. The van der Waals surface area contributed by atoms with E-state index in [1.54, 1.807) is 0 Å². The molecule has 1 saturated heterocycles. The number of carbonyl (C=O) groups is 1. The summed E-state index contributed by atoms with van der Waals surface area (Å²) in [5.74, 6) is -1.13. The lowest BCUT2D eigenvalue weighted by atomic mass is 10.3. The molecule has 1 fully saturated rings. The lowest BCUT2D eigenvalue weighted by molar-refractivity contribution is 0.0637. The minimum atomic E-state index is -4.00. The zero-order valence-corrected chi connectivity index (χ0v) is 12.9. The number of aromatic carboxylic acids is 1. The fourth-order valence-corrected chi connectivity index (χ4v) is 4.09. The van der Waals surface area contributed by atoms with Gasteiger partial charge in [0, 0.05) is 26.4 Å². The van der Waals surface area contributed by atoms with Crippen molar-refractivity contribution < 1.29 is 27.4 Å². The number of ether oxygens (including phenoxy) is 1. The normalized spacial score (nSPS) is 22.7. The predicted molar refractivity (Wildman–Crippen MR) is 76.6 cm³/mol. The summed E-state index contributed by atoms with van der Waals surface area (Å²) in [4.78, 5) is 14.8. The molecular weight excluding hydrogens is 329 g/mol. The molecule has 1 N–H and O–H groups in total. The molecule has 3 heterocycles. The van der Waals surface area contributed by atoms with Crippen molar-refractivity contribution in [2.45, 2.75) is 17.3 Å². The molecule has 0 bridgehead atoms.